The molecule has 0 radical (unpaired) electrons. The molecule has 1 aromatic carbocycles. The number of carbonyl (C=O) groups is 16. The molecule has 674 valence electrons. The number of aliphatic hydroxyl groups is 1. The molecule has 0 spiro atoms. The Bertz CT molecular complexity index is 3700. The molecule has 0 aliphatic heterocycles. The van der Waals surface area contributed by atoms with Crippen molar-refractivity contribution < 1.29 is 86.9 Å². The summed E-state index contributed by atoms with van der Waals surface area (Å²) < 4.78 is 0. The predicted octanol–water partition coefficient (Wildman–Crippen LogP) is -3.27. The summed E-state index contributed by atoms with van der Waals surface area (Å²) in [4.78, 5) is 234. The number of guanidine groups is 1. The number of hydrogen-bond donors (Lipinski definition) is 22. The number of carboxylic acids is 1. The van der Waals surface area contributed by atoms with E-state index in [1.54, 1.807) is 92.0 Å². The molecule has 0 aliphatic carbocycles. The van der Waals surface area contributed by atoms with Gasteiger partial charge in [-0.15, -0.1) is 0 Å². The molecule has 1 heterocycles. The zero-order valence-corrected chi connectivity index (χ0v) is 72.6. The Balaban J connectivity index is 2.48. The first kappa shape index (κ1) is 106. The molecule has 41 heteroatoms. The van der Waals surface area contributed by atoms with E-state index in [1.807, 2.05) is 13.8 Å². The summed E-state index contributed by atoms with van der Waals surface area (Å²) in [6.45, 7) is 22.6. The van der Waals surface area contributed by atoms with E-state index in [2.05, 4.69) is 89.4 Å². The molecule has 27 N–H and O–H groups in total. The molecule has 2 aromatic rings. The highest BCUT2D eigenvalue weighted by Gasteiger charge is 2.40. The van der Waals surface area contributed by atoms with E-state index < -0.39 is 210 Å². The topological polar surface area (TPSA) is 653 Å². The van der Waals surface area contributed by atoms with Crippen molar-refractivity contribution in [2.24, 2.45) is 69.2 Å². The lowest BCUT2D eigenvalue weighted by atomic mass is 9.95. The first-order valence-corrected chi connectivity index (χ1v) is 42.2. The molecule has 0 saturated heterocycles. The van der Waals surface area contributed by atoms with Crippen molar-refractivity contribution in [3.8, 4) is 0 Å². The zero-order chi connectivity index (χ0) is 90.8. The lowest BCUT2D eigenvalue weighted by Gasteiger charge is -2.30. The van der Waals surface area contributed by atoms with Crippen LogP contribution in [0.25, 0.3) is 0 Å². The second kappa shape index (κ2) is 54.6. The van der Waals surface area contributed by atoms with Gasteiger partial charge >= 0.3 is 5.97 Å². The number of H-pyrrole nitrogens is 1. The summed E-state index contributed by atoms with van der Waals surface area (Å²) in [5, 5.41) is 56.6. The van der Waals surface area contributed by atoms with Gasteiger partial charge in [0.05, 0.1) is 24.9 Å². The van der Waals surface area contributed by atoms with E-state index in [0.717, 1.165) is 0 Å². The van der Waals surface area contributed by atoms with Gasteiger partial charge in [0.25, 0.3) is 0 Å². The van der Waals surface area contributed by atoms with E-state index in [1.165, 1.54) is 52.0 Å². The molecule has 0 unspecified atom stereocenters. The second-order valence-electron chi connectivity index (χ2n) is 32.0. The molecule has 120 heavy (non-hydrogen) atoms. The number of thioether (sulfide) groups is 1. The van der Waals surface area contributed by atoms with Gasteiger partial charge in [-0.3, -0.25) is 81.7 Å². The van der Waals surface area contributed by atoms with Crippen LogP contribution in [-0.4, -0.2) is 243 Å². The maximum atomic E-state index is 14.7. The van der Waals surface area contributed by atoms with E-state index >= 15 is 0 Å². The first-order valence-electron chi connectivity index (χ1n) is 40.8. The zero-order valence-electron chi connectivity index (χ0n) is 71.8. The molecular formula is C79H134N22O18S. The van der Waals surface area contributed by atoms with Gasteiger partial charge in [-0.05, 0) is 131 Å². The van der Waals surface area contributed by atoms with E-state index in [9.17, 15) is 86.9 Å². The maximum Gasteiger partial charge on any atom is 0.322 e. The standard InChI is InChI=1S/C79H134N22O18S/c1-16-45(12)63(77(118)97-55(33-42(6)7)71(112)94-53(31-40(2)3)70(111)95-56(34-48-23-18-17-19-24-48)72(113)92-52(27-30-120-15)66(107)87-38-60(104)105)100-74(115)58(36-59(81)103)98-76(117)62(44(10)11)99-73(114)57(35-49-37-85-39-88-49)93-65(106)46(13)89-78(119)64(47(14)102)101-68(109)50(25-20-21-28-80)90-67(108)51(26-22-29-86-79(83)84)91-69(110)54(32-41(4)5)96-75(116)61(82)43(8)9/h17-19,23-24,37,39-47,50-58,61-64,102H,16,20-22,25-36,38,80,82H2,1-15H3,(H2,81,103)(H,85,88)(H,87,107)(H,89,119)(H,90,108)(H,91,110)(H,92,113)(H,93,106)(H,94,112)(H,95,111)(H,96,116)(H,97,118)(H,98,117)(H,99,114)(H,100,115)(H,101,109)(H,104,105)(H4,83,84,86)/t45-,46-,47+,50-,51-,52-,53-,54-,55-,56-,57-,58-,61-,62-,63-,64-/m0/s1. The van der Waals surface area contributed by atoms with Crippen LogP contribution in [0, 0.1) is 35.5 Å². The fourth-order valence-corrected chi connectivity index (χ4v) is 12.7. The number of nitrogens with zero attached hydrogens (tertiary/aromatic N) is 2. The van der Waals surface area contributed by atoms with Crippen LogP contribution in [0.4, 0.5) is 0 Å². The van der Waals surface area contributed by atoms with Gasteiger partial charge in [-0.1, -0.05) is 120 Å². The predicted molar refractivity (Wildman–Crippen MR) is 451 cm³/mol. The van der Waals surface area contributed by atoms with Gasteiger partial charge in [-0.25, -0.2) is 4.98 Å². The Morgan fingerprint density at radius 3 is 1.38 bits per heavy atom. The summed E-state index contributed by atoms with van der Waals surface area (Å²) in [5.41, 5.74) is 29.6. The van der Waals surface area contributed by atoms with Crippen molar-refractivity contribution in [2.75, 3.05) is 31.6 Å². The smallest absolute Gasteiger partial charge is 0.322 e. The highest BCUT2D eigenvalue weighted by molar-refractivity contribution is 7.98. The van der Waals surface area contributed by atoms with Crippen molar-refractivity contribution >= 4 is 112 Å². The molecule has 15 amide bonds. The fourth-order valence-electron chi connectivity index (χ4n) is 12.3. The van der Waals surface area contributed by atoms with Crippen molar-refractivity contribution in [1.82, 2.24) is 84.4 Å². The number of aliphatic carboxylic acids is 1. The molecule has 0 saturated carbocycles. The molecule has 0 fully saturated rings. The second-order valence-corrected chi connectivity index (χ2v) is 33.0. The number of amides is 15. The van der Waals surface area contributed by atoms with Crippen molar-refractivity contribution in [3.63, 3.8) is 0 Å². The lowest BCUT2D eigenvalue weighted by molar-refractivity contribution is -0.138. The van der Waals surface area contributed by atoms with Crippen LogP contribution in [0.3, 0.4) is 0 Å². The average molecular weight is 1710 g/mol. The number of aromatic amines is 1. The van der Waals surface area contributed by atoms with Crippen LogP contribution in [0.1, 0.15) is 179 Å². The summed E-state index contributed by atoms with van der Waals surface area (Å²) in [7, 11) is 0. The van der Waals surface area contributed by atoms with Crippen LogP contribution >= 0.6 is 11.8 Å². The number of rotatable bonds is 57. The Labute approximate surface area is 706 Å². The largest absolute Gasteiger partial charge is 0.480 e. The van der Waals surface area contributed by atoms with Gasteiger partial charge in [0.15, 0.2) is 5.96 Å². The van der Waals surface area contributed by atoms with Gasteiger partial charge in [0.1, 0.15) is 85.1 Å². The van der Waals surface area contributed by atoms with Gasteiger partial charge < -0.3 is 118 Å². The average Bonchev–Trinajstić information content (AvgIpc) is 0.857. The SMILES string of the molecule is CC[C@H](C)[C@H](NC(=O)[C@H](CC(N)=O)NC(=O)[C@@H](NC(=O)[C@H](Cc1cnc[nH]1)NC(=O)[C@H](C)NC(=O)[C@@H](NC(=O)[C@H](CCCCN)NC(=O)[C@H](CCCN=C(N)N)NC(=O)[C@H](CC(C)C)NC(=O)[C@@H](N)C(C)C)[C@@H](C)O)C(C)C)C(=O)N[C@@H](CC(C)C)C(=O)N[C@@H](CC(C)C)C(=O)N[C@@H](Cc1ccccc1)C(=O)N[C@@H](CCSC)C(=O)NCC(=O)O. The van der Waals surface area contributed by atoms with Crippen LogP contribution in [0.5, 0.6) is 0 Å². The molecule has 40 nitrogen and oxygen atoms in total. The maximum absolute atomic E-state index is 14.7. The van der Waals surface area contributed by atoms with Crippen LogP contribution in [0.2, 0.25) is 0 Å². The fraction of sp³-hybridized carbons (Fsp3) is 0.671. The quantitative estimate of drug-likeness (QED) is 0.0176. The Hall–Kier alpha value is -10.6. The number of primary amides is 1. The normalized spacial score (nSPS) is 15.4. The molecule has 16 atom stereocenters. The van der Waals surface area contributed by atoms with E-state index in [-0.39, 0.29) is 113 Å². The monoisotopic (exact) mass is 1710 g/mol. The Morgan fingerprint density at radius 1 is 0.475 bits per heavy atom. The van der Waals surface area contributed by atoms with Crippen LogP contribution < -0.4 is 103 Å². The van der Waals surface area contributed by atoms with Crippen molar-refractivity contribution in [1.29, 1.82) is 0 Å². The summed E-state index contributed by atoms with van der Waals surface area (Å²) >= 11 is 1.38. The van der Waals surface area contributed by atoms with E-state index in [0.29, 0.717) is 23.4 Å². The number of aromatic nitrogens is 2. The third-order valence-corrected chi connectivity index (χ3v) is 19.9. The highest BCUT2D eigenvalue weighted by Crippen LogP contribution is 2.18. The number of nitrogens with one attached hydrogen (secondary N) is 15. The minimum absolute atomic E-state index is 0.00484. The highest BCUT2D eigenvalue weighted by atomic mass is 32.2. The number of unbranched alkanes of at least 4 members (excludes halogenated alkanes) is 1. The number of aliphatic hydroxyl groups excluding tert-OH is 1. The number of carboxylic acid groups (broad SMARTS) is 1. The molecular weight excluding hydrogens is 1580 g/mol. The molecule has 0 bridgehead atoms. The lowest BCUT2D eigenvalue weighted by Crippen LogP contribution is -2.62. The van der Waals surface area contributed by atoms with Gasteiger partial charge in [-0.2, -0.15) is 11.8 Å². The number of imidazole rings is 1. The first-order chi connectivity index (χ1) is 56.3. The number of nitrogens with two attached hydrogens (primary N) is 5. The number of benzene rings is 1. The summed E-state index contributed by atoms with van der Waals surface area (Å²) in [6, 6.07) is -11.1. The third kappa shape index (κ3) is 39.6. The van der Waals surface area contributed by atoms with Gasteiger partial charge in [0, 0.05) is 31.3 Å². The number of aliphatic imine (C=N–C) groups is 1. The minimum atomic E-state index is -1.81. The number of carbonyl (C=O) groups excluding carboxylic acids is 15. The minimum Gasteiger partial charge on any atom is -0.480 e. The van der Waals surface area contributed by atoms with Crippen molar-refractivity contribution in [2.45, 2.75) is 271 Å². The summed E-state index contributed by atoms with van der Waals surface area (Å²) in [5.74, 6) is -17.0. The molecule has 0 aliphatic rings. The van der Waals surface area contributed by atoms with Crippen LogP contribution in [0.15, 0.2) is 47.8 Å². The van der Waals surface area contributed by atoms with Gasteiger partial charge in [0.2, 0.25) is 88.6 Å². The summed E-state index contributed by atoms with van der Waals surface area (Å²) in [6.07, 6.45) is 2.75. The molecule has 1 aromatic heterocycles. The third-order valence-electron chi connectivity index (χ3n) is 19.3. The van der Waals surface area contributed by atoms with E-state index in [4.69, 9.17) is 28.7 Å². The molecule has 2 rings (SSSR count). The number of hydrogen-bond acceptors (Lipinski definition) is 22. The Kier molecular flexibility index (Phi) is 48.0. The Morgan fingerprint density at radius 2 is 0.900 bits per heavy atom. The van der Waals surface area contributed by atoms with Crippen molar-refractivity contribution in [3.05, 3.63) is 54.1 Å². The van der Waals surface area contributed by atoms with Crippen LogP contribution in [-0.2, 0) is 89.6 Å².